The van der Waals surface area contributed by atoms with Gasteiger partial charge in [0.2, 0.25) is 0 Å². The van der Waals surface area contributed by atoms with E-state index in [0.29, 0.717) is 16.7 Å². The van der Waals surface area contributed by atoms with Crippen molar-refractivity contribution in [1.29, 1.82) is 0 Å². The van der Waals surface area contributed by atoms with Crippen LogP contribution in [0.2, 0.25) is 0 Å². The minimum atomic E-state index is -0.630. The second-order valence-corrected chi connectivity index (χ2v) is 4.86. The lowest BCUT2D eigenvalue weighted by Crippen LogP contribution is -2.19. The van der Waals surface area contributed by atoms with Gasteiger partial charge in [0.15, 0.2) is 5.82 Å². The van der Waals surface area contributed by atoms with E-state index >= 15 is 0 Å². The number of anilines is 2. The summed E-state index contributed by atoms with van der Waals surface area (Å²) in [6.45, 7) is 1.83. The number of fused-ring (bicyclic) bond motifs is 1. The molecule has 24 heavy (non-hydrogen) atoms. The molecule has 0 radical (unpaired) electrons. The van der Waals surface area contributed by atoms with Gasteiger partial charge < -0.3 is 10.5 Å². The lowest BCUT2D eigenvalue weighted by atomic mass is 10.3. The topological polar surface area (TPSA) is 130 Å². The summed E-state index contributed by atoms with van der Waals surface area (Å²) in [5, 5.41) is 10.3. The second-order valence-electron chi connectivity index (χ2n) is 4.86. The molecule has 2 aromatic heterocycles. The molecule has 10 nitrogen and oxygen atoms in total. The van der Waals surface area contributed by atoms with E-state index in [1.165, 1.54) is 21.9 Å². The maximum Gasteiger partial charge on any atom is 0.412 e. The van der Waals surface area contributed by atoms with Crippen LogP contribution in [0, 0.1) is 0 Å². The third-order valence-corrected chi connectivity index (χ3v) is 3.16. The molecule has 3 N–H and O–H groups in total. The van der Waals surface area contributed by atoms with Crippen LogP contribution in [0.15, 0.2) is 30.7 Å². The number of imidazole rings is 1. The molecule has 0 aliphatic heterocycles. The first-order valence-corrected chi connectivity index (χ1v) is 7.16. The number of nitrogens with two attached hydrogens (primary N) is 1. The van der Waals surface area contributed by atoms with Crippen LogP contribution in [0.4, 0.5) is 16.3 Å². The minimum absolute atomic E-state index is 0.111. The van der Waals surface area contributed by atoms with E-state index in [2.05, 4.69) is 20.5 Å². The summed E-state index contributed by atoms with van der Waals surface area (Å²) in [6.07, 6.45) is 2.12. The van der Waals surface area contributed by atoms with E-state index in [-0.39, 0.29) is 24.9 Å². The predicted molar refractivity (Wildman–Crippen MR) is 85.4 cm³/mol. The Morgan fingerprint density at radius 3 is 3.00 bits per heavy atom. The van der Waals surface area contributed by atoms with Crippen LogP contribution in [0.1, 0.15) is 11.7 Å². The fourth-order valence-corrected chi connectivity index (χ4v) is 2.13. The zero-order valence-corrected chi connectivity index (χ0v) is 12.8. The molecule has 0 aliphatic carbocycles. The van der Waals surface area contributed by atoms with Crippen LogP contribution < -0.4 is 11.1 Å². The molecule has 0 bridgehead atoms. The summed E-state index contributed by atoms with van der Waals surface area (Å²) in [7, 11) is 0. The Labute approximate surface area is 136 Å². The lowest BCUT2D eigenvalue weighted by Gasteiger charge is -2.03. The van der Waals surface area contributed by atoms with Gasteiger partial charge in [-0.3, -0.25) is 14.7 Å². The van der Waals surface area contributed by atoms with Crippen molar-refractivity contribution in [2.75, 3.05) is 17.7 Å². The van der Waals surface area contributed by atoms with Gasteiger partial charge in [-0.15, -0.1) is 5.10 Å². The highest BCUT2D eigenvalue weighted by molar-refractivity contribution is 5.91. The molecule has 0 aliphatic rings. The van der Waals surface area contributed by atoms with Crippen molar-refractivity contribution in [2.45, 2.75) is 13.5 Å². The normalized spacial score (nSPS) is 10.7. The molecule has 2 heterocycles. The van der Waals surface area contributed by atoms with Gasteiger partial charge in [0.1, 0.15) is 12.9 Å². The first-order valence-electron chi connectivity index (χ1n) is 7.16. The minimum Gasteiger partial charge on any atom is -0.450 e. The number of nitrogens with one attached hydrogen (secondary N) is 1. The molecule has 0 atom stereocenters. The van der Waals surface area contributed by atoms with E-state index in [9.17, 15) is 9.59 Å². The van der Waals surface area contributed by atoms with Crippen molar-refractivity contribution in [1.82, 2.24) is 24.5 Å². The van der Waals surface area contributed by atoms with E-state index in [1.807, 2.05) is 0 Å². The van der Waals surface area contributed by atoms with Crippen molar-refractivity contribution >= 4 is 34.5 Å². The number of ether oxygens (including phenoxy) is 1. The summed E-state index contributed by atoms with van der Waals surface area (Å²) in [5.41, 5.74) is 7.54. The van der Waals surface area contributed by atoms with Gasteiger partial charge in [-0.25, -0.2) is 9.78 Å². The monoisotopic (exact) mass is 329 g/mol. The molecule has 0 saturated carbocycles. The fourth-order valence-electron chi connectivity index (χ4n) is 2.13. The molecular formula is C14H15N7O3. The highest BCUT2D eigenvalue weighted by Gasteiger charge is 2.13. The van der Waals surface area contributed by atoms with Crippen molar-refractivity contribution < 1.29 is 14.3 Å². The zero-order valence-electron chi connectivity index (χ0n) is 12.8. The molecule has 10 heteroatoms. The standard InChI is InChI=1S/C14H15N7O3/c1-2-24-14(23)18-12-6-17-21(19-12)7-13(22)20-8-16-10-5-9(15)3-4-11(10)20/h3-6,8H,2,7,15H2,1H3,(H,18,19,23). The molecule has 3 aromatic rings. The molecule has 3 rings (SSSR count). The molecular weight excluding hydrogens is 314 g/mol. The molecule has 0 saturated heterocycles. The number of hydrogen-bond donors (Lipinski definition) is 2. The maximum absolute atomic E-state index is 12.4. The van der Waals surface area contributed by atoms with Gasteiger partial charge in [-0.1, -0.05) is 0 Å². The molecule has 0 fully saturated rings. The Hall–Kier alpha value is -3.43. The van der Waals surface area contributed by atoms with Gasteiger partial charge in [0, 0.05) is 5.69 Å². The first-order chi connectivity index (χ1) is 11.6. The Morgan fingerprint density at radius 2 is 2.21 bits per heavy atom. The van der Waals surface area contributed by atoms with E-state index in [1.54, 1.807) is 25.1 Å². The maximum atomic E-state index is 12.4. The fraction of sp³-hybridized carbons (Fsp3) is 0.214. The Kier molecular flexibility index (Phi) is 4.10. The van der Waals surface area contributed by atoms with Crippen molar-refractivity contribution in [3.05, 3.63) is 30.7 Å². The molecule has 0 unspecified atom stereocenters. The third kappa shape index (κ3) is 3.16. The largest absolute Gasteiger partial charge is 0.450 e. The Balaban J connectivity index is 1.72. The summed E-state index contributed by atoms with van der Waals surface area (Å²) in [6, 6.07) is 5.10. The number of hydrogen-bond acceptors (Lipinski definition) is 7. The van der Waals surface area contributed by atoms with Crippen molar-refractivity contribution in [2.24, 2.45) is 0 Å². The van der Waals surface area contributed by atoms with E-state index in [0.717, 1.165) is 0 Å². The number of carbonyl (C=O) groups excluding carboxylic acids is 2. The van der Waals surface area contributed by atoms with Gasteiger partial charge in [-0.2, -0.15) is 9.90 Å². The van der Waals surface area contributed by atoms with Gasteiger partial charge in [0.25, 0.3) is 5.91 Å². The smallest absolute Gasteiger partial charge is 0.412 e. The number of amides is 1. The summed E-state index contributed by atoms with van der Waals surface area (Å²) in [4.78, 5) is 29.0. The average Bonchev–Trinajstić information content (AvgIpc) is 3.13. The Morgan fingerprint density at radius 1 is 1.38 bits per heavy atom. The SMILES string of the molecule is CCOC(=O)Nc1cnn(CC(=O)n2cnc3cc(N)ccc32)n1. The summed E-state index contributed by atoms with van der Waals surface area (Å²) >= 11 is 0. The van der Waals surface area contributed by atoms with Crippen LogP contribution in [0.3, 0.4) is 0 Å². The van der Waals surface area contributed by atoms with Gasteiger partial charge >= 0.3 is 6.09 Å². The van der Waals surface area contributed by atoms with Crippen LogP contribution in [0.25, 0.3) is 11.0 Å². The predicted octanol–water partition coefficient (Wildman–Crippen LogP) is 1.12. The zero-order chi connectivity index (χ0) is 17.1. The van der Waals surface area contributed by atoms with Crippen molar-refractivity contribution in [3.8, 4) is 0 Å². The lowest BCUT2D eigenvalue weighted by molar-refractivity contribution is 0.0885. The quantitative estimate of drug-likeness (QED) is 0.686. The van der Waals surface area contributed by atoms with Crippen LogP contribution in [0.5, 0.6) is 0 Å². The van der Waals surface area contributed by atoms with E-state index in [4.69, 9.17) is 10.5 Å². The van der Waals surface area contributed by atoms with Gasteiger partial charge in [0.05, 0.1) is 23.8 Å². The first kappa shape index (κ1) is 15.5. The second kappa shape index (κ2) is 6.36. The molecule has 1 amide bonds. The van der Waals surface area contributed by atoms with Crippen LogP contribution in [-0.2, 0) is 11.3 Å². The number of rotatable bonds is 4. The number of nitrogen functional groups attached to an aromatic ring is 1. The highest BCUT2D eigenvalue weighted by atomic mass is 16.5. The molecule has 1 aromatic carbocycles. The van der Waals surface area contributed by atoms with Crippen LogP contribution in [-0.4, -0.2) is 43.2 Å². The third-order valence-electron chi connectivity index (χ3n) is 3.16. The molecule has 124 valence electrons. The van der Waals surface area contributed by atoms with Gasteiger partial charge in [-0.05, 0) is 25.1 Å². The highest BCUT2D eigenvalue weighted by Crippen LogP contribution is 2.16. The van der Waals surface area contributed by atoms with E-state index < -0.39 is 6.09 Å². The summed E-state index contributed by atoms with van der Waals surface area (Å²) < 4.78 is 6.14. The average molecular weight is 329 g/mol. The number of carbonyl (C=O) groups is 2. The number of benzene rings is 1. The Bertz CT molecular complexity index is 899. The number of aromatic nitrogens is 5. The van der Waals surface area contributed by atoms with Crippen LogP contribution >= 0.6 is 0 Å². The van der Waals surface area contributed by atoms with Crippen molar-refractivity contribution in [3.63, 3.8) is 0 Å². The number of nitrogens with zero attached hydrogens (tertiary/aromatic N) is 5. The summed E-state index contributed by atoms with van der Waals surface area (Å²) in [5.74, 6) is -0.0786. The molecule has 0 spiro atoms.